The van der Waals surface area contributed by atoms with Crippen molar-refractivity contribution < 1.29 is 0 Å². The summed E-state index contributed by atoms with van der Waals surface area (Å²) in [7, 11) is 0. The topological polar surface area (TPSA) is 15.3 Å². The zero-order chi connectivity index (χ0) is 14.0. The van der Waals surface area contributed by atoms with Crippen molar-refractivity contribution in [2.24, 2.45) is 5.92 Å². The molecule has 2 atom stereocenters. The molecule has 0 bridgehead atoms. The molecule has 0 aliphatic heterocycles. The first-order valence-corrected chi connectivity index (χ1v) is 8.03. The van der Waals surface area contributed by atoms with Gasteiger partial charge in [0, 0.05) is 18.6 Å². The molecule has 1 N–H and O–H groups in total. The minimum Gasteiger partial charge on any atom is -0.315 e. The van der Waals surface area contributed by atoms with Gasteiger partial charge in [-0.3, -0.25) is 4.90 Å². The summed E-state index contributed by atoms with van der Waals surface area (Å²) >= 11 is 0. The fourth-order valence-corrected chi connectivity index (χ4v) is 2.37. The van der Waals surface area contributed by atoms with Crippen molar-refractivity contribution >= 4 is 0 Å². The molecule has 0 amide bonds. The number of nitrogens with one attached hydrogen (secondary N) is 1. The van der Waals surface area contributed by atoms with Gasteiger partial charge in [0.1, 0.15) is 0 Å². The van der Waals surface area contributed by atoms with Crippen LogP contribution in [-0.2, 0) is 0 Å². The highest BCUT2D eigenvalue weighted by atomic mass is 15.2. The molecule has 0 aliphatic carbocycles. The zero-order valence-electron chi connectivity index (χ0n) is 13.6. The molecule has 0 aliphatic rings. The van der Waals surface area contributed by atoms with E-state index in [1.807, 2.05) is 0 Å². The van der Waals surface area contributed by atoms with Crippen LogP contribution in [0.25, 0.3) is 0 Å². The van der Waals surface area contributed by atoms with E-state index < -0.39 is 0 Å². The summed E-state index contributed by atoms with van der Waals surface area (Å²) in [5, 5.41) is 3.63. The molecular weight excluding hydrogens is 220 g/mol. The fraction of sp³-hybridized carbons (Fsp3) is 1.00. The van der Waals surface area contributed by atoms with Gasteiger partial charge in [-0.25, -0.2) is 0 Å². The Balaban J connectivity index is 4.30. The van der Waals surface area contributed by atoms with Gasteiger partial charge in [-0.15, -0.1) is 0 Å². The number of rotatable bonds is 11. The predicted octanol–water partition coefficient (Wildman–Crippen LogP) is 3.91. The minimum atomic E-state index is 0.699. The van der Waals surface area contributed by atoms with Crippen LogP contribution >= 0.6 is 0 Å². The van der Waals surface area contributed by atoms with E-state index in [4.69, 9.17) is 0 Å². The predicted molar refractivity (Wildman–Crippen MR) is 83.2 cm³/mol. The lowest BCUT2D eigenvalue weighted by Gasteiger charge is -2.36. The molecule has 0 saturated carbocycles. The van der Waals surface area contributed by atoms with Crippen molar-refractivity contribution in [3.05, 3.63) is 0 Å². The Morgan fingerprint density at radius 2 is 1.61 bits per heavy atom. The summed E-state index contributed by atoms with van der Waals surface area (Å²) in [5.41, 5.74) is 0. The zero-order valence-corrected chi connectivity index (χ0v) is 13.6. The summed E-state index contributed by atoms with van der Waals surface area (Å²) in [6.07, 6.45) is 5.12. The van der Waals surface area contributed by atoms with Crippen molar-refractivity contribution in [1.82, 2.24) is 10.2 Å². The second-order valence-corrected chi connectivity index (χ2v) is 5.96. The highest BCUT2D eigenvalue weighted by Crippen LogP contribution is 2.13. The van der Waals surface area contributed by atoms with Gasteiger partial charge in [-0.2, -0.15) is 0 Å². The summed E-state index contributed by atoms with van der Waals surface area (Å²) in [4.78, 5) is 2.72. The highest BCUT2D eigenvalue weighted by Gasteiger charge is 2.20. The minimum absolute atomic E-state index is 0.699. The van der Waals surface area contributed by atoms with E-state index in [9.17, 15) is 0 Å². The highest BCUT2D eigenvalue weighted by molar-refractivity contribution is 4.77. The van der Waals surface area contributed by atoms with Crippen LogP contribution in [0.2, 0.25) is 0 Å². The number of unbranched alkanes of at least 4 members (excludes halogenated alkanes) is 1. The molecular formula is C16H36N2. The number of nitrogens with zero attached hydrogens (tertiary/aromatic N) is 1. The molecule has 0 heterocycles. The Hall–Kier alpha value is -0.0800. The van der Waals surface area contributed by atoms with Gasteiger partial charge >= 0.3 is 0 Å². The second-order valence-electron chi connectivity index (χ2n) is 5.96. The van der Waals surface area contributed by atoms with Gasteiger partial charge in [0.25, 0.3) is 0 Å². The third-order valence-corrected chi connectivity index (χ3v) is 3.80. The quantitative estimate of drug-likeness (QED) is 0.603. The van der Waals surface area contributed by atoms with Gasteiger partial charge in [-0.05, 0) is 45.2 Å². The third-order valence-electron chi connectivity index (χ3n) is 3.80. The first kappa shape index (κ1) is 17.9. The van der Waals surface area contributed by atoms with Crippen LogP contribution in [0.5, 0.6) is 0 Å². The Kier molecular flexibility index (Phi) is 10.8. The van der Waals surface area contributed by atoms with E-state index in [0.717, 1.165) is 19.0 Å². The van der Waals surface area contributed by atoms with Gasteiger partial charge in [0.15, 0.2) is 0 Å². The maximum absolute atomic E-state index is 3.63. The standard InChI is InChI=1S/C16H36N2/c1-7-10-11-18(15(6)8-2)16(9-3)13-17-12-14(4)5/h14-17H,7-13H2,1-6H3. The van der Waals surface area contributed by atoms with Crippen molar-refractivity contribution in [2.45, 2.75) is 79.3 Å². The van der Waals surface area contributed by atoms with Crippen LogP contribution in [-0.4, -0.2) is 36.6 Å². The van der Waals surface area contributed by atoms with Gasteiger partial charge < -0.3 is 5.32 Å². The SMILES string of the molecule is CCCCN(C(C)CC)C(CC)CNCC(C)C. The monoisotopic (exact) mass is 256 g/mol. The third kappa shape index (κ3) is 7.38. The first-order valence-electron chi connectivity index (χ1n) is 8.03. The second kappa shape index (κ2) is 10.8. The van der Waals surface area contributed by atoms with E-state index in [0.29, 0.717) is 12.1 Å². The largest absolute Gasteiger partial charge is 0.315 e. The van der Waals surface area contributed by atoms with Crippen LogP contribution in [0.1, 0.15) is 67.2 Å². The summed E-state index contributed by atoms with van der Waals surface area (Å²) < 4.78 is 0. The van der Waals surface area contributed by atoms with Gasteiger partial charge in [-0.1, -0.05) is 41.0 Å². The summed E-state index contributed by atoms with van der Waals surface area (Å²) in [6.45, 7) is 17.4. The Morgan fingerprint density at radius 3 is 2.06 bits per heavy atom. The average Bonchev–Trinajstić information content (AvgIpc) is 2.35. The molecule has 0 fully saturated rings. The van der Waals surface area contributed by atoms with Crippen molar-refractivity contribution in [3.63, 3.8) is 0 Å². The van der Waals surface area contributed by atoms with Crippen molar-refractivity contribution in [3.8, 4) is 0 Å². The maximum atomic E-state index is 3.63. The normalized spacial score (nSPS) is 15.3. The summed E-state index contributed by atoms with van der Waals surface area (Å²) in [5.74, 6) is 0.746. The molecule has 18 heavy (non-hydrogen) atoms. The van der Waals surface area contributed by atoms with Crippen LogP contribution in [0.3, 0.4) is 0 Å². The van der Waals surface area contributed by atoms with Gasteiger partial charge in [0.2, 0.25) is 0 Å². The lowest BCUT2D eigenvalue weighted by molar-refractivity contribution is 0.130. The van der Waals surface area contributed by atoms with Gasteiger partial charge in [0.05, 0.1) is 0 Å². The molecule has 0 rings (SSSR count). The van der Waals surface area contributed by atoms with Crippen LogP contribution < -0.4 is 5.32 Å². The van der Waals surface area contributed by atoms with E-state index in [1.165, 1.54) is 32.2 Å². The van der Waals surface area contributed by atoms with Crippen molar-refractivity contribution in [1.29, 1.82) is 0 Å². The van der Waals surface area contributed by atoms with Crippen LogP contribution in [0.4, 0.5) is 0 Å². The molecule has 0 saturated heterocycles. The Morgan fingerprint density at radius 1 is 0.944 bits per heavy atom. The Bertz CT molecular complexity index is 180. The number of hydrogen-bond donors (Lipinski definition) is 1. The molecule has 0 aromatic carbocycles. The number of hydrogen-bond acceptors (Lipinski definition) is 2. The molecule has 2 nitrogen and oxygen atoms in total. The van der Waals surface area contributed by atoms with E-state index in [2.05, 4.69) is 51.8 Å². The molecule has 0 aromatic heterocycles. The van der Waals surface area contributed by atoms with Crippen LogP contribution in [0, 0.1) is 5.92 Å². The van der Waals surface area contributed by atoms with E-state index >= 15 is 0 Å². The molecule has 0 aromatic rings. The molecule has 2 unspecified atom stereocenters. The lowest BCUT2D eigenvalue weighted by atomic mass is 10.1. The molecule has 110 valence electrons. The van der Waals surface area contributed by atoms with Crippen molar-refractivity contribution in [2.75, 3.05) is 19.6 Å². The van der Waals surface area contributed by atoms with E-state index in [1.54, 1.807) is 0 Å². The maximum Gasteiger partial charge on any atom is 0.0220 e. The molecule has 0 radical (unpaired) electrons. The first-order chi connectivity index (χ1) is 8.56. The Labute approximate surface area is 116 Å². The lowest BCUT2D eigenvalue weighted by Crippen LogP contribution is -2.47. The molecule has 0 spiro atoms. The average molecular weight is 256 g/mol. The van der Waals surface area contributed by atoms with E-state index in [-0.39, 0.29) is 0 Å². The van der Waals surface area contributed by atoms with Crippen LogP contribution in [0.15, 0.2) is 0 Å². The summed E-state index contributed by atoms with van der Waals surface area (Å²) in [6, 6.07) is 1.41. The smallest absolute Gasteiger partial charge is 0.0220 e. The fourth-order valence-electron chi connectivity index (χ4n) is 2.37. The molecule has 2 heteroatoms.